The van der Waals surface area contributed by atoms with Crippen molar-refractivity contribution in [3.63, 3.8) is 0 Å². The zero-order valence-corrected chi connectivity index (χ0v) is 10.8. The summed E-state index contributed by atoms with van der Waals surface area (Å²) in [7, 11) is 1.27. The fourth-order valence-electron chi connectivity index (χ4n) is 1.83. The van der Waals surface area contributed by atoms with E-state index >= 15 is 0 Å². The lowest BCUT2D eigenvalue weighted by Gasteiger charge is -2.17. The largest absolute Gasteiger partial charge is 0.469 e. The molecule has 2 unspecified atom stereocenters. The zero-order chi connectivity index (χ0) is 14.6. The Morgan fingerprint density at radius 3 is 2.42 bits per heavy atom. The minimum atomic E-state index is -1.25. The van der Waals surface area contributed by atoms with Crippen molar-refractivity contribution in [2.24, 2.45) is 11.7 Å². The highest BCUT2D eigenvalue weighted by Crippen LogP contribution is 2.25. The number of nitrogens with two attached hydrogens (primary N) is 1. The van der Waals surface area contributed by atoms with Gasteiger partial charge >= 0.3 is 5.97 Å². The van der Waals surface area contributed by atoms with E-state index in [0.29, 0.717) is 6.07 Å². The maximum Gasteiger partial charge on any atom is 0.305 e. The van der Waals surface area contributed by atoms with Gasteiger partial charge in [0.2, 0.25) is 0 Å². The summed E-state index contributed by atoms with van der Waals surface area (Å²) in [5, 5.41) is 0. The van der Waals surface area contributed by atoms with Crippen LogP contribution in [-0.2, 0) is 9.53 Å². The normalized spacial score (nSPS) is 14.0. The van der Waals surface area contributed by atoms with E-state index < -0.39 is 29.5 Å². The SMILES string of the molecule is COC(=O)CC(C)CC(N)c1cc(F)c(F)cc1F. The van der Waals surface area contributed by atoms with E-state index in [0.717, 1.165) is 6.07 Å². The smallest absolute Gasteiger partial charge is 0.305 e. The monoisotopic (exact) mass is 275 g/mol. The van der Waals surface area contributed by atoms with Gasteiger partial charge in [-0.1, -0.05) is 6.92 Å². The molecule has 0 aliphatic carbocycles. The molecule has 1 rings (SSSR count). The van der Waals surface area contributed by atoms with Crippen LogP contribution in [0.5, 0.6) is 0 Å². The summed E-state index contributed by atoms with van der Waals surface area (Å²) >= 11 is 0. The third kappa shape index (κ3) is 4.24. The maximum atomic E-state index is 13.5. The summed E-state index contributed by atoms with van der Waals surface area (Å²) in [5.74, 6) is -3.85. The Hall–Kier alpha value is -1.56. The lowest BCUT2D eigenvalue weighted by Crippen LogP contribution is -2.18. The maximum absolute atomic E-state index is 13.5. The van der Waals surface area contributed by atoms with Gasteiger partial charge in [0.05, 0.1) is 7.11 Å². The highest BCUT2D eigenvalue weighted by molar-refractivity contribution is 5.69. The Bertz CT molecular complexity index is 465. The Labute approximate surface area is 109 Å². The van der Waals surface area contributed by atoms with Gasteiger partial charge in [-0.2, -0.15) is 0 Å². The van der Waals surface area contributed by atoms with Crippen LogP contribution >= 0.6 is 0 Å². The van der Waals surface area contributed by atoms with E-state index in [1.54, 1.807) is 6.92 Å². The standard InChI is InChI=1S/C13H16F3NO2/c1-7(4-13(18)19-2)3-12(17)8-5-10(15)11(16)6-9(8)14/h5-7,12H,3-4,17H2,1-2H3. The topological polar surface area (TPSA) is 52.3 Å². The molecule has 0 amide bonds. The summed E-state index contributed by atoms with van der Waals surface area (Å²) in [6, 6.07) is 0.408. The van der Waals surface area contributed by atoms with Crippen molar-refractivity contribution in [3.8, 4) is 0 Å². The number of halogens is 3. The Morgan fingerprint density at radius 1 is 1.26 bits per heavy atom. The molecule has 2 atom stereocenters. The van der Waals surface area contributed by atoms with Gasteiger partial charge in [-0.25, -0.2) is 13.2 Å². The molecule has 106 valence electrons. The number of benzene rings is 1. The van der Waals surface area contributed by atoms with Gasteiger partial charge in [0.1, 0.15) is 5.82 Å². The third-order valence-electron chi connectivity index (χ3n) is 2.84. The Kier molecular flexibility index (Phi) is 5.35. The van der Waals surface area contributed by atoms with Gasteiger partial charge in [-0.3, -0.25) is 4.79 Å². The van der Waals surface area contributed by atoms with Gasteiger partial charge in [-0.15, -0.1) is 0 Å². The van der Waals surface area contributed by atoms with Crippen molar-refractivity contribution in [3.05, 3.63) is 35.1 Å². The van der Waals surface area contributed by atoms with E-state index in [2.05, 4.69) is 4.74 Å². The van der Waals surface area contributed by atoms with Crippen LogP contribution in [0.1, 0.15) is 31.4 Å². The minimum absolute atomic E-state index is 0.101. The molecular formula is C13H16F3NO2. The summed E-state index contributed by atoms with van der Waals surface area (Å²) in [6.45, 7) is 1.74. The number of hydrogen-bond acceptors (Lipinski definition) is 3. The lowest BCUT2D eigenvalue weighted by molar-refractivity contribution is -0.141. The molecule has 2 N–H and O–H groups in total. The first-order valence-electron chi connectivity index (χ1n) is 5.82. The fourth-order valence-corrected chi connectivity index (χ4v) is 1.83. The van der Waals surface area contributed by atoms with Gasteiger partial charge in [-0.05, 0) is 18.4 Å². The summed E-state index contributed by atoms with van der Waals surface area (Å²) in [5.41, 5.74) is 5.65. The van der Waals surface area contributed by atoms with E-state index in [9.17, 15) is 18.0 Å². The molecule has 1 aromatic rings. The van der Waals surface area contributed by atoms with E-state index in [1.807, 2.05) is 0 Å². The molecule has 0 bridgehead atoms. The van der Waals surface area contributed by atoms with Crippen LogP contribution in [-0.4, -0.2) is 13.1 Å². The van der Waals surface area contributed by atoms with E-state index in [4.69, 9.17) is 5.73 Å². The quantitative estimate of drug-likeness (QED) is 0.664. The van der Waals surface area contributed by atoms with Crippen LogP contribution in [0, 0.1) is 23.4 Å². The first-order valence-corrected chi connectivity index (χ1v) is 5.82. The van der Waals surface area contributed by atoms with Gasteiger partial charge < -0.3 is 10.5 Å². The summed E-state index contributed by atoms with van der Waals surface area (Å²) < 4.78 is 43.8. The number of hydrogen-bond donors (Lipinski definition) is 1. The highest BCUT2D eigenvalue weighted by atomic mass is 19.2. The van der Waals surface area contributed by atoms with Crippen LogP contribution in [0.15, 0.2) is 12.1 Å². The second-order valence-corrected chi connectivity index (χ2v) is 4.52. The fraction of sp³-hybridized carbons (Fsp3) is 0.462. The predicted octanol–water partition coefficient (Wildman–Crippen LogP) is 2.69. The van der Waals surface area contributed by atoms with Crippen molar-refractivity contribution in [2.45, 2.75) is 25.8 Å². The summed E-state index contributed by atoms with van der Waals surface area (Å²) in [6.07, 6.45) is 0.395. The molecule has 0 spiro atoms. The number of methoxy groups -OCH3 is 1. The number of rotatable bonds is 5. The second-order valence-electron chi connectivity index (χ2n) is 4.52. The Balaban J connectivity index is 2.75. The molecule has 0 aliphatic heterocycles. The first kappa shape index (κ1) is 15.5. The van der Waals surface area contributed by atoms with Crippen molar-refractivity contribution >= 4 is 5.97 Å². The third-order valence-corrected chi connectivity index (χ3v) is 2.84. The first-order chi connectivity index (χ1) is 8.85. The average Bonchev–Trinajstić information content (AvgIpc) is 2.33. The molecule has 1 aromatic carbocycles. The molecule has 0 radical (unpaired) electrons. The minimum Gasteiger partial charge on any atom is -0.469 e. The van der Waals surface area contributed by atoms with Crippen LogP contribution in [0.2, 0.25) is 0 Å². The molecule has 0 saturated carbocycles. The molecule has 0 fully saturated rings. The van der Waals surface area contributed by atoms with Crippen LogP contribution in [0.25, 0.3) is 0 Å². The molecule has 0 aromatic heterocycles. The zero-order valence-electron chi connectivity index (χ0n) is 10.8. The molecule has 0 saturated heterocycles. The Morgan fingerprint density at radius 2 is 1.84 bits per heavy atom. The molecule has 19 heavy (non-hydrogen) atoms. The van der Waals surface area contributed by atoms with Crippen molar-refractivity contribution in [2.75, 3.05) is 7.11 Å². The number of carbonyl (C=O) groups is 1. The molecular weight excluding hydrogens is 259 g/mol. The van der Waals surface area contributed by atoms with E-state index in [-0.39, 0.29) is 24.3 Å². The van der Waals surface area contributed by atoms with Crippen molar-refractivity contribution in [1.82, 2.24) is 0 Å². The predicted molar refractivity (Wildman–Crippen MR) is 63.7 cm³/mol. The van der Waals surface area contributed by atoms with Crippen molar-refractivity contribution < 1.29 is 22.7 Å². The van der Waals surface area contributed by atoms with Gasteiger partial charge in [0.15, 0.2) is 11.6 Å². The van der Waals surface area contributed by atoms with Gasteiger partial charge in [0, 0.05) is 24.1 Å². The van der Waals surface area contributed by atoms with Crippen molar-refractivity contribution in [1.29, 1.82) is 0 Å². The van der Waals surface area contributed by atoms with Crippen LogP contribution in [0.3, 0.4) is 0 Å². The van der Waals surface area contributed by atoms with Gasteiger partial charge in [0.25, 0.3) is 0 Å². The molecule has 3 nitrogen and oxygen atoms in total. The number of ether oxygens (including phenoxy) is 1. The number of esters is 1. The summed E-state index contributed by atoms with van der Waals surface area (Å²) in [4.78, 5) is 11.1. The van der Waals surface area contributed by atoms with E-state index in [1.165, 1.54) is 7.11 Å². The second kappa shape index (κ2) is 6.56. The average molecular weight is 275 g/mol. The van der Waals surface area contributed by atoms with Crippen LogP contribution in [0.4, 0.5) is 13.2 Å². The lowest BCUT2D eigenvalue weighted by atomic mass is 9.94. The number of carbonyl (C=O) groups excluding carboxylic acids is 1. The molecule has 0 heterocycles. The molecule has 6 heteroatoms. The molecule has 0 aliphatic rings. The highest BCUT2D eigenvalue weighted by Gasteiger charge is 2.19. The van der Waals surface area contributed by atoms with Crippen LogP contribution < -0.4 is 5.73 Å².